The van der Waals surface area contributed by atoms with Gasteiger partial charge < -0.3 is 9.84 Å². The molecule has 2 aromatic rings. The molecule has 1 unspecified atom stereocenters. The maximum atomic E-state index is 13.7. The zero-order valence-electron chi connectivity index (χ0n) is 18.6. The van der Waals surface area contributed by atoms with Crippen molar-refractivity contribution in [1.82, 2.24) is 14.2 Å². The molecule has 2 N–H and O–H groups in total. The number of aromatic amines is 1. The van der Waals surface area contributed by atoms with Crippen molar-refractivity contribution < 1.29 is 23.5 Å². The number of aryl methyl sites for hydroxylation is 1. The molecule has 0 amide bonds. The number of hydrogen-bond donors (Lipinski definition) is 2. The third-order valence-corrected chi connectivity index (χ3v) is 8.00. The Balaban J connectivity index is 1.44. The molecule has 10 nitrogen and oxygen atoms in total. The molecule has 0 bridgehead atoms. The van der Waals surface area contributed by atoms with Crippen molar-refractivity contribution in [1.29, 1.82) is 0 Å². The van der Waals surface area contributed by atoms with Crippen molar-refractivity contribution in [2.45, 2.75) is 57.6 Å². The van der Waals surface area contributed by atoms with Gasteiger partial charge in [-0.25, -0.2) is 14.0 Å². The van der Waals surface area contributed by atoms with Gasteiger partial charge in [0, 0.05) is 31.3 Å². The highest BCUT2D eigenvalue weighted by atomic mass is 31.2. The minimum atomic E-state index is -3.63. The summed E-state index contributed by atoms with van der Waals surface area (Å²) in [5.41, 5.74) is 0.155. The first-order chi connectivity index (χ1) is 15.9. The van der Waals surface area contributed by atoms with Crippen molar-refractivity contribution in [2.75, 3.05) is 19.7 Å². The van der Waals surface area contributed by atoms with Crippen LogP contribution in [0, 0.1) is 6.92 Å². The van der Waals surface area contributed by atoms with E-state index in [4.69, 9.17) is 13.8 Å². The van der Waals surface area contributed by atoms with Crippen LogP contribution in [-0.2, 0) is 25.0 Å². The number of nitrogens with one attached hydrogen (secondary N) is 1. The lowest BCUT2D eigenvalue weighted by atomic mass is 10.2. The van der Waals surface area contributed by atoms with Crippen LogP contribution < -0.4 is 11.2 Å². The largest absolute Gasteiger partial charge is 0.408 e. The lowest BCUT2D eigenvalue weighted by molar-refractivity contribution is -0.0460. The SMILES string of the molecule is Cc1cn([C@H]2C[C@H](O)[C@@H](COP(=O)(OCc3ccccc3)N3CCCCC3)O2)c(=O)[nH]c1=O. The average Bonchev–Trinajstić information content (AvgIpc) is 3.20. The Morgan fingerprint density at radius 2 is 1.88 bits per heavy atom. The summed E-state index contributed by atoms with van der Waals surface area (Å²) in [5, 5.41) is 10.5. The van der Waals surface area contributed by atoms with E-state index < -0.39 is 37.4 Å². The molecule has 0 aliphatic carbocycles. The van der Waals surface area contributed by atoms with E-state index >= 15 is 0 Å². The predicted molar refractivity (Wildman–Crippen MR) is 121 cm³/mol. The van der Waals surface area contributed by atoms with Gasteiger partial charge in [0.25, 0.3) is 5.56 Å². The molecular weight excluding hydrogens is 449 g/mol. The second-order valence-corrected chi connectivity index (χ2v) is 10.5. The number of ether oxygens (including phenoxy) is 1. The first-order valence-corrected chi connectivity index (χ1v) is 12.7. The van der Waals surface area contributed by atoms with Gasteiger partial charge in [0.15, 0.2) is 0 Å². The molecule has 0 spiro atoms. The van der Waals surface area contributed by atoms with E-state index in [1.54, 1.807) is 11.6 Å². The first-order valence-electron chi connectivity index (χ1n) is 11.2. The van der Waals surface area contributed by atoms with Gasteiger partial charge in [0.2, 0.25) is 0 Å². The number of benzene rings is 1. The molecule has 180 valence electrons. The van der Waals surface area contributed by atoms with Crippen molar-refractivity contribution in [2.24, 2.45) is 0 Å². The summed E-state index contributed by atoms with van der Waals surface area (Å²) in [7, 11) is -3.63. The highest BCUT2D eigenvalue weighted by molar-refractivity contribution is 7.51. The van der Waals surface area contributed by atoms with E-state index in [0.717, 1.165) is 24.8 Å². The van der Waals surface area contributed by atoms with Crippen molar-refractivity contribution >= 4 is 7.75 Å². The van der Waals surface area contributed by atoms with E-state index in [0.29, 0.717) is 18.7 Å². The predicted octanol–water partition coefficient (Wildman–Crippen LogP) is 2.32. The second kappa shape index (κ2) is 10.5. The number of H-pyrrole nitrogens is 1. The maximum Gasteiger partial charge on any atom is 0.408 e. The summed E-state index contributed by atoms with van der Waals surface area (Å²) in [4.78, 5) is 26.0. The summed E-state index contributed by atoms with van der Waals surface area (Å²) in [6, 6.07) is 9.44. The minimum Gasteiger partial charge on any atom is -0.390 e. The van der Waals surface area contributed by atoms with E-state index in [1.807, 2.05) is 30.3 Å². The highest BCUT2D eigenvalue weighted by Crippen LogP contribution is 2.54. The third kappa shape index (κ3) is 5.71. The molecule has 2 aliphatic rings. The van der Waals surface area contributed by atoms with Gasteiger partial charge in [-0.05, 0) is 25.3 Å². The van der Waals surface area contributed by atoms with Gasteiger partial charge in [-0.3, -0.25) is 23.4 Å². The monoisotopic (exact) mass is 479 g/mol. The van der Waals surface area contributed by atoms with Crippen LogP contribution in [0.3, 0.4) is 0 Å². The molecule has 4 rings (SSSR count). The number of piperidine rings is 1. The Labute approximate surface area is 191 Å². The topological polar surface area (TPSA) is 123 Å². The number of nitrogens with zero attached hydrogens (tertiary/aromatic N) is 2. The fourth-order valence-electron chi connectivity index (χ4n) is 4.06. The Morgan fingerprint density at radius 3 is 2.61 bits per heavy atom. The van der Waals surface area contributed by atoms with E-state index in [9.17, 15) is 19.3 Å². The summed E-state index contributed by atoms with van der Waals surface area (Å²) in [5.74, 6) is 0. The number of hydrogen-bond acceptors (Lipinski definition) is 7. The van der Waals surface area contributed by atoms with Gasteiger partial charge in [-0.2, -0.15) is 0 Å². The smallest absolute Gasteiger partial charge is 0.390 e. The second-order valence-electron chi connectivity index (χ2n) is 8.45. The van der Waals surface area contributed by atoms with Crippen molar-refractivity contribution in [3.63, 3.8) is 0 Å². The zero-order valence-corrected chi connectivity index (χ0v) is 19.5. The minimum absolute atomic E-state index is 0.136. The molecule has 4 atom stereocenters. The third-order valence-electron chi connectivity index (χ3n) is 5.98. The molecule has 1 aromatic heterocycles. The van der Waals surface area contributed by atoms with Crippen LogP contribution in [0.2, 0.25) is 0 Å². The van der Waals surface area contributed by atoms with E-state index in [-0.39, 0.29) is 19.6 Å². The zero-order chi connectivity index (χ0) is 23.4. The first kappa shape index (κ1) is 24.1. The number of aliphatic hydroxyl groups excluding tert-OH is 1. The van der Waals surface area contributed by atoms with Crippen LogP contribution in [0.25, 0.3) is 0 Å². The van der Waals surface area contributed by atoms with E-state index in [1.165, 1.54) is 10.8 Å². The fourth-order valence-corrected chi connectivity index (χ4v) is 5.88. The summed E-state index contributed by atoms with van der Waals surface area (Å²) in [6.07, 6.45) is 1.92. The van der Waals surface area contributed by atoms with Crippen LogP contribution >= 0.6 is 7.75 Å². The number of aromatic nitrogens is 2. The lowest BCUT2D eigenvalue weighted by Crippen LogP contribution is -2.34. The van der Waals surface area contributed by atoms with Crippen LogP contribution in [0.1, 0.15) is 43.0 Å². The molecule has 2 saturated heterocycles. The lowest BCUT2D eigenvalue weighted by Gasteiger charge is -2.33. The molecular formula is C22H30N3O7P. The van der Waals surface area contributed by atoms with Gasteiger partial charge >= 0.3 is 13.4 Å². The van der Waals surface area contributed by atoms with E-state index in [2.05, 4.69) is 4.98 Å². The molecule has 0 saturated carbocycles. The average molecular weight is 479 g/mol. The molecule has 2 fully saturated rings. The normalized spacial score (nSPS) is 25.7. The quantitative estimate of drug-likeness (QED) is 0.553. The molecule has 11 heteroatoms. The number of rotatable bonds is 8. The molecule has 1 aromatic carbocycles. The molecule has 33 heavy (non-hydrogen) atoms. The van der Waals surface area contributed by atoms with Gasteiger partial charge in [-0.15, -0.1) is 0 Å². The van der Waals surface area contributed by atoms with Crippen LogP contribution in [0.15, 0.2) is 46.1 Å². The van der Waals surface area contributed by atoms with Gasteiger partial charge in [0.05, 0.1) is 19.3 Å². The fraction of sp³-hybridized carbons (Fsp3) is 0.545. The maximum absolute atomic E-state index is 13.7. The van der Waals surface area contributed by atoms with Crippen LogP contribution in [0.5, 0.6) is 0 Å². The Hall–Kier alpha value is -2.07. The summed E-state index contributed by atoms with van der Waals surface area (Å²) >= 11 is 0. The Bertz CT molecular complexity index is 1100. The Morgan fingerprint density at radius 1 is 1.15 bits per heavy atom. The summed E-state index contributed by atoms with van der Waals surface area (Å²) < 4.78 is 34.3. The van der Waals surface area contributed by atoms with Crippen LogP contribution in [-0.4, -0.2) is 51.2 Å². The molecule has 0 radical (unpaired) electrons. The van der Waals surface area contributed by atoms with Crippen molar-refractivity contribution in [3.8, 4) is 0 Å². The van der Waals surface area contributed by atoms with Crippen molar-refractivity contribution in [3.05, 3.63) is 68.5 Å². The standard InChI is InChI=1S/C22H30N3O7P/c1-16-13-25(22(28)23-21(16)27)20-12-18(26)19(32-20)15-31-33(29,24-10-6-3-7-11-24)30-14-17-8-4-2-5-9-17/h2,4-5,8-9,13,18-20,26H,3,6-7,10-12,14-15H2,1H3,(H,23,27,28)/t18-,19+,20+,33?/m0/s1. The highest BCUT2D eigenvalue weighted by Gasteiger charge is 2.40. The summed E-state index contributed by atoms with van der Waals surface area (Å²) in [6.45, 7) is 2.78. The number of aliphatic hydroxyl groups is 1. The molecule has 2 aliphatic heterocycles. The van der Waals surface area contributed by atoms with Crippen LogP contribution in [0.4, 0.5) is 0 Å². The van der Waals surface area contributed by atoms with Gasteiger partial charge in [0.1, 0.15) is 12.3 Å². The van der Waals surface area contributed by atoms with Gasteiger partial charge in [-0.1, -0.05) is 36.8 Å². The Kier molecular flexibility index (Phi) is 7.63. The molecule has 3 heterocycles.